The second-order valence-electron chi connectivity index (χ2n) is 4.76. The second kappa shape index (κ2) is 6.56. The number of rotatable bonds is 7. The first-order valence-corrected chi connectivity index (χ1v) is 5.72. The summed E-state index contributed by atoms with van der Waals surface area (Å²) in [5.74, 6) is 0. The number of hydrogen-bond acceptors (Lipinski definition) is 3. The summed E-state index contributed by atoms with van der Waals surface area (Å²) >= 11 is 0. The molecule has 0 rings (SSSR count). The molecule has 0 aromatic carbocycles. The highest BCUT2D eigenvalue weighted by Crippen LogP contribution is 2.19. The van der Waals surface area contributed by atoms with Gasteiger partial charge >= 0.3 is 6.18 Å². The standard InChI is InChI=1S/C11H23F3N2O/c1-5-6-16(8-11(12,13)14)7-9(15)10(2,3)17-4/h9H,5-8,15H2,1-4H3. The Kier molecular flexibility index (Phi) is 6.43. The number of ether oxygens (including phenoxy) is 1. The molecule has 0 aromatic heterocycles. The number of alkyl halides is 3. The van der Waals surface area contributed by atoms with Gasteiger partial charge in [-0.25, -0.2) is 0 Å². The minimum absolute atomic E-state index is 0.175. The number of nitrogens with two attached hydrogens (primary N) is 1. The van der Waals surface area contributed by atoms with Gasteiger partial charge in [-0.2, -0.15) is 13.2 Å². The van der Waals surface area contributed by atoms with E-state index >= 15 is 0 Å². The highest BCUT2D eigenvalue weighted by molar-refractivity contribution is 4.85. The smallest absolute Gasteiger partial charge is 0.377 e. The van der Waals surface area contributed by atoms with E-state index in [1.165, 1.54) is 12.0 Å². The van der Waals surface area contributed by atoms with Crippen molar-refractivity contribution < 1.29 is 17.9 Å². The van der Waals surface area contributed by atoms with Crippen molar-refractivity contribution in [3.63, 3.8) is 0 Å². The van der Waals surface area contributed by atoms with Gasteiger partial charge in [-0.15, -0.1) is 0 Å². The van der Waals surface area contributed by atoms with Crippen molar-refractivity contribution in [2.24, 2.45) is 5.73 Å². The van der Waals surface area contributed by atoms with Gasteiger partial charge in [-0.1, -0.05) is 6.92 Å². The summed E-state index contributed by atoms with van der Waals surface area (Å²) in [7, 11) is 1.51. The molecule has 1 unspecified atom stereocenters. The van der Waals surface area contributed by atoms with Gasteiger partial charge in [0.2, 0.25) is 0 Å². The van der Waals surface area contributed by atoms with E-state index in [9.17, 15) is 13.2 Å². The third-order valence-corrected chi connectivity index (χ3v) is 2.82. The molecule has 1 atom stereocenters. The molecule has 0 aromatic rings. The van der Waals surface area contributed by atoms with Crippen molar-refractivity contribution in [2.45, 2.75) is 45.0 Å². The van der Waals surface area contributed by atoms with Crippen molar-refractivity contribution in [1.82, 2.24) is 4.90 Å². The lowest BCUT2D eigenvalue weighted by atomic mass is 9.99. The maximum absolute atomic E-state index is 12.3. The lowest BCUT2D eigenvalue weighted by Crippen LogP contribution is -2.53. The molecule has 0 amide bonds. The molecular weight excluding hydrogens is 233 g/mol. The van der Waals surface area contributed by atoms with Gasteiger partial charge in [0.05, 0.1) is 12.1 Å². The molecule has 104 valence electrons. The van der Waals surface area contributed by atoms with E-state index < -0.39 is 24.4 Å². The van der Waals surface area contributed by atoms with Crippen molar-refractivity contribution >= 4 is 0 Å². The molecule has 0 aliphatic rings. The molecule has 17 heavy (non-hydrogen) atoms. The van der Waals surface area contributed by atoms with Gasteiger partial charge in [0, 0.05) is 19.7 Å². The van der Waals surface area contributed by atoms with E-state index in [0.717, 1.165) is 0 Å². The van der Waals surface area contributed by atoms with Crippen molar-refractivity contribution in [2.75, 3.05) is 26.7 Å². The van der Waals surface area contributed by atoms with Crippen LogP contribution in [0.4, 0.5) is 13.2 Å². The van der Waals surface area contributed by atoms with Crippen LogP contribution >= 0.6 is 0 Å². The van der Waals surface area contributed by atoms with E-state index in [-0.39, 0.29) is 6.54 Å². The van der Waals surface area contributed by atoms with Crippen molar-refractivity contribution in [1.29, 1.82) is 0 Å². The monoisotopic (exact) mass is 256 g/mol. The Morgan fingerprint density at radius 3 is 2.18 bits per heavy atom. The Morgan fingerprint density at radius 1 is 1.29 bits per heavy atom. The lowest BCUT2D eigenvalue weighted by molar-refractivity contribution is -0.148. The zero-order valence-corrected chi connectivity index (χ0v) is 11.0. The van der Waals surface area contributed by atoms with Crippen LogP contribution in [0.2, 0.25) is 0 Å². The van der Waals surface area contributed by atoms with Crippen LogP contribution in [0.5, 0.6) is 0 Å². The molecule has 2 N–H and O–H groups in total. The first-order chi connectivity index (χ1) is 7.62. The van der Waals surface area contributed by atoms with E-state index in [0.29, 0.717) is 13.0 Å². The van der Waals surface area contributed by atoms with Crippen LogP contribution in [0.3, 0.4) is 0 Å². The SMILES string of the molecule is CCCN(CC(N)C(C)(C)OC)CC(F)(F)F. The Bertz CT molecular complexity index is 219. The molecule has 0 heterocycles. The van der Waals surface area contributed by atoms with E-state index in [1.807, 2.05) is 6.92 Å². The fourth-order valence-electron chi connectivity index (χ4n) is 1.45. The molecule has 0 aliphatic heterocycles. The number of methoxy groups -OCH3 is 1. The van der Waals surface area contributed by atoms with Gasteiger partial charge < -0.3 is 10.5 Å². The van der Waals surface area contributed by atoms with Gasteiger partial charge in [-0.05, 0) is 26.8 Å². The zero-order valence-electron chi connectivity index (χ0n) is 11.0. The van der Waals surface area contributed by atoms with Gasteiger partial charge in [-0.3, -0.25) is 4.90 Å². The minimum atomic E-state index is -4.19. The molecule has 0 fully saturated rings. The molecule has 6 heteroatoms. The minimum Gasteiger partial charge on any atom is -0.377 e. The van der Waals surface area contributed by atoms with Crippen molar-refractivity contribution in [3.8, 4) is 0 Å². The quantitative estimate of drug-likeness (QED) is 0.757. The average Bonchev–Trinajstić information content (AvgIpc) is 2.15. The third kappa shape index (κ3) is 6.85. The molecular formula is C11H23F3N2O. The summed E-state index contributed by atoms with van der Waals surface area (Å²) in [5.41, 5.74) is 5.25. The van der Waals surface area contributed by atoms with Gasteiger partial charge in [0.1, 0.15) is 0 Å². The molecule has 0 bridgehead atoms. The maximum Gasteiger partial charge on any atom is 0.401 e. The molecule has 0 radical (unpaired) electrons. The average molecular weight is 256 g/mol. The first kappa shape index (κ1) is 16.7. The zero-order chi connectivity index (χ0) is 13.7. The normalized spacial score (nSPS) is 15.4. The fraction of sp³-hybridized carbons (Fsp3) is 1.00. The number of nitrogens with zero attached hydrogens (tertiary/aromatic N) is 1. The van der Waals surface area contributed by atoms with Gasteiger partial charge in [0.25, 0.3) is 0 Å². The Morgan fingerprint density at radius 2 is 1.82 bits per heavy atom. The van der Waals surface area contributed by atoms with E-state index in [1.54, 1.807) is 13.8 Å². The van der Waals surface area contributed by atoms with Crippen LogP contribution < -0.4 is 5.73 Å². The van der Waals surface area contributed by atoms with E-state index in [4.69, 9.17) is 10.5 Å². The molecule has 0 saturated carbocycles. The van der Waals surface area contributed by atoms with E-state index in [2.05, 4.69) is 0 Å². The predicted molar refractivity (Wildman–Crippen MR) is 61.8 cm³/mol. The summed E-state index contributed by atoms with van der Waals surface area (Å²) in [6.07, 6.45) is -3.53. The number of halogens is 3. The third-order valence-electron chi connectivity index (χ3n) is 2.82. The summed E-state index contributed by atoms with van der Waals surface area (Å²) in [6.45, 7) is 5.02. The summed E-state index contributed by atoms with van der Waals surface area (Å²) < 4.78 is 42.2. The molecule has 0 saturated heterocycles. The summed E-state index contributed by atoms with van der Waals surface area (Å²) in [6, 6.07) is -0.457. The molecule has 0 aliphatic carbocycles. The predicted octanol–water partition coefficient (Wildman–Crippen LogP) is 2.01. The van der Waals surface area contributed by atoms with Crippen LogP contribution in [0.15, 0.2) is 0 Å². The maximum atomic E-state index is 12.3. The molecule has 3 nitrogen and oxygen atoms in total. The fourth-order valence-corrected chi connectivity index (χ4v) is 1.45. The Hall–Kier alpha value is -0.330. The van der Waals surface area contributed by atoms with Crippen LogP contribution in [0.25, 0.3) is 0 Å². The molecule has 0 spiro atoms. The largest absolute Gasteiger partial charge is 0.401 e. The topological polar surface area (TPSA) is 38.5 Å². The Balaban J connectivity index is 4.44. The highest BCUT2D eigenvalue weighted by Gasteiger charge is 2.33. The van der Waals surface area contributed by atoms with Crippen LogP contribution in [-0.4, -0.2) is 49.5 Å². The summed E-state index contributed by atoms with van der Waals surface area (Å²) in [5, 5.41) is 0. The van der Waals surface area contributed by atoms with Crippen LogP contribution in [0.1, 0.15) is 27.2 Å². The lowest BCUT2D eigenvalue weighted by Gasteiger charge is -2.34. The van der Waals surface area contributed by atoms with Crippen molar-refractivity contribution in [3.05, 3.63) is 0 Å². The first-order valence-electron chi connectivity index (χ1n) is 5.72. The van der Waals surface area contributed by atoms with Crippen LogP contribution in [0, 0.1) is 0 Å². The van der Waals surface area contributed by atoms with Gasteiger partial charge in [0.15, 0.2) is 0 Å². The Labute approximate surface area is 101 Å². The van der Waals surface area contributed by atoms with Crippen LogP contribution in [-0.2, 0) is 4.74 Å². The summed E-state index contributed by atoms with van der Waals surface area (Å²) in [4.78, 5) is 1.32. The second-order valence-corrected chi connectivity index (χ2v) is 4.76. The highest BCUT2D eigenvalue weighted by atomic mass is 19.4. The number of hydrogen-bond donors (Lipinski definition) is 1.